The average molecular weight is 623 g/mol. The largest absolute Gasteiger partial charge is 0.508 e. The number of ether oxygens (including phenoxy) is 1. The van der Waals surface area contributed by atoms with E-state index in [2.05, 4.69) is 0 Å². The highest BCUT2D eigenvalue weighted by molar-refractivity contribution is 6.25. The molecule has 3 N–H and O–H groups in total. The minimum absolute atomic E-state index is 0.0402. The van der Waals surface area contributed by atoms with E-state index < -0.39 is 70.4 Å². The number of allylic oxidation sites excluding steroid dienone is 2. The molecule has 0 aromatic heterocycles. The first-order valence-electron chi connectivity index (χ1n) is 14.9. The number of aromatic carboxylic acids is 1. The number of carboxylic acid groups (broad SMARTS) is 1. The van der Waals surface area contributed by atoms with Gasteiger partial charge in [-0.3, -0.25) is 19.2 Å². The third-order valence-corrected chi connectivity index (χ3v) is 10.3. The van der Waals surface area contributed by atoms with Crippen molar-refractivity contribution in [1.29, 1.82) is 0 Å². The summed E-state index contributed by atoms with van der Waals surface area (Å²) in [5.74, 6) is -7.49. The summed E-state index contributed by atoms with van der Waals surface area (Å²) >= 11 is 0. The van der Waals surface area contributed by atoms with Crippen LogP contribution in [0.2, 0.25) is 0 Å². The van der Waals surface area contributed by atoms with Crippen molar-refractivity contribution in [2.45, 2.75) is 25.7 Å². The maximum absolute atomic E-state index is 14.5. The van der Waals surface area contributed by atoms with Crippen LogP contribution in [0.4, 0.5) is 11.4 Å². The molecule has 3 aromatic rings. The first kappa shape index (κ1) is 29.3. The van der Waals surface area contributed by atoms with Crippen LogP contribution in [0.3, 0.4) is 0 Å². The number of benzene rings is 3. The zero-order valence-corrected chi connectivity index (χ0v) is 24.9. The fourth-order valence-corrected chi connectivity index (χ4v) is 8.17. The molecule has 4 aliphatic rings. The Morgan fingerprint density at radius 2 is 1.59 bits per heavy atom. The second-order valence-electron chi connectivity index (χ2n) is 12.4. The molecule has 11 heteroatoms. The van der Waals surface area contributed by atoms with E-state index in [1.165, 1.54) is 24.1 Å². The Balaban J connectivity index is 1.36. The number of carbonyl (C=O) groups is 5. The normalized spacial score (nSPS) is 28.5. The molecular formula is C35H30N2O9. The van der Waals surface area contributed by atoms with E-state index in [4.69, 9.17) is 4.74 Å². The van der Waals surface area contributed by atoms with Crippen molar-refractivity contribution in [2.24, 2.45) is 29.1 Å². The highest BCUT2D eigenvalue weighted by Crippen LogP contribution is 2.64. The second-order valence-corrected chi connectivity index (χ2v) is 12.4. The van der Waals surface area contributed by atoms with Gasteiger partial charge in [0.1, 0.15) is 22.8 Å². The number of phenolic OH excluding ortho intramolecular Hbond substituents is 1. The number of para-hydroxylation sites is 1. The molecule has 7 rings (SSSR count). The Bertz CT molecular complexity index is 1890. The van der Waals surface area contributed by atoms with Gasteiger partial charge in [-0.1, -0.05) is 29.8 Å². The van der Waals surface area contributed by atoms with E-state index >= 15 is 0 Å². The van der Waals surface area contributed by atoms with Crippen molar-refractivity contribution in [2.75, 3.05) is 16.9 Å². The van der Waals surface area contributed by atoms with E-state index in [0.717, 1.165) is 17.0 Å². The van der Waals surface area contributed by atoms with Crippen LogP contribution in [0, 0.1) is 29.1 Å². The smallest absolute Gasteiger partial charge is 0.339 e. The highest BCUT2D eigenvalue weighted by atomic mass is 16.5. The van der Waals surface area contributed by atoms with Gasteiger partial charge in [0, 0.05) is 17.5 Å². The summed E-state index contributed by atoms with van der Waals surface area (Å²) in [5.41, 5.74) is -0.190. The van der Waals surface area contributed by atoms with Crippen LogP contribution in [0.5, 0.6) is 17.2 Å². The Kier molecular flexibility index (Phi) is 6.55. The predicted molar refractivity (Wildman–Crippen MR) is 163 cm³/mol. The van der Waals surface area contributed by atoms with Crippen LogP contribution >= 0.6 is 0 Å². The molecule has 0 radical (unpaired) electrons. The first-order chi connectivity index (χ1) is 22.0. The van der Waals surface area contributed by atoms with Gasteiger partial charge in [-0.2, -0.15) is 0 Å². The number of nitrogens with zero attached hydrogens (tertiary/aromatic N) is 2. The van der Waals surface area contributed by atoms with Gasteiger partial charge in [0.15, 0.2) is 0 Å². The van der Waals surface area contributed by atoms with Crippen LogP contribution in [0.1, 0.15) is 41.6 Å². The van der Waals surface area contributed by atoms with Crippen LogP contribution in [0.25, 0.3) is 0 Å². The molecule has 11 nitrogen and oxygen atoms in total. The molecule has 1 saturated carbocycles. The fraction of sp³-hybridized carbons (Fsp3) is 0.286. The van der Waals surface area contributed by atoms with Gasteiger partial charge in [-0.05, 0) is 68.1 Å². The minimum atomic E-state index is -1.36. The van der Waals surface area contributed by atoms with E-state index in [-0.39, 0.29) is 29.8 Å². The zero-order valence-electron chi connectivity index (χ0n) is 24.9. The Morgan fingerprint density at radius 1 is 0.848 bits per heavy atom. The van der Waals surface area contributed by atoms with Gasteiger partial charge in [0.2, 0.25) is 23.6 Å². The molecule has 4 amide bonds. The number of rotatable bonds is 5. The Labute approximate surface area is 263 Å². The lowest BCUT2D eigenvalue weighted by Gasteiger charge is -2.49. The molecular weight excluding hydrogens is 592 g/mol. The summed E-state index contributed by atoms with van der Waals surface area (Å²) in [7, 11) is 1.48. The predicted octanol–water partition coefficient (Wildman–Crippen LogP) is 4.24. The van der Waals surface area contributed by atoms with Gasteiger partial charge in [-0.25, -0.2) is 14.6 Å². The number of imide groups is 2. The molecule has 3 aromatic carbocycles. The maximum atomic E-state index is 14.5. The van der Waals surface area contributed by atoms with Crippen molar-refractivity contribution in [1.82, 2.24) is 0 Å². The molecule has 6 unspecified atom stereocenters. The average Bonchev–Trinajstić information content (AvgIpc) is 3.41. The van der Waals surface area contributed by atoms with Crippen molar-refractivity contribution >= 4 is 41.0 Å². The van der Waals surface area contributed by atoms with Gasteiger partial charge >= 0.3 is 5.97 Å². The van der Waals surface area contributed by atoms with Crippen LogP contribution in [0.15, 0.2) is 78.4 Å². The summed E-state index contributed by atoms with van der Waals surface area (Å²) in [6.07, 6.45) is 2.15. The second kappa shape index (κ2) is 10.3. The monoisotopic (exact) mass is 622 g/mol. The summed E-state index contributed by atoms with van der Waals surface area (Å²) < 4.78 is 5.46. The Hall–Kier alpha value is -5.45. The molecule has 2 aliphatic heterocycles. The summed E-state index contributed by atoms with van der Waals surface area (Å²) in [4.78, 5) is 70.3. The quantitative estimate of drug-likeness (QED) is 0.279. The third kappa shape index (κ3) is 3.93. The third-order valence-electron chi connectivity index (χ3n) is 10.3. The highest BCUT2D eigenvalue weighted by Gasteiger charge is 2.68. The molecule has 46 heavy (non-hydrogen) atoms. The van der Waals surface area contributed by atoms with Crippen LogP contribution in [-0.2, 0) is 19.2 Å². The first-order valence-corrected chi connectivity index (χ1v) is 14.9. The van der Waals surface area contributed by atoms with E-state index in [0.29, 0.717) is 22.6 Å². The number of amides is 4. The molecule has 3 fully saturated rings. The molecule has 6 atom stereocenters. The van der Waals surface area contributed by atoms with E-state index in [9.17, 15) is 39.3 Å². The van der Waals surface area contributed by atoms with Gasteiger partial charge in [0.05, 0.1) is 41.7 Å². The van der Waals surface area contributed by atoms with Crippen molar-refractivity contribution < 1.29 is 44.0 Å². The number of aromatic hydroxyl groups is 2. The zero-order chi connectivity index (χ0) is 32.7. The number of fused-ring (bicyclic) bond motifs is 4. The number of hydrogen-bond acceptors (Lipinski definition) is 8. The van der Waals surface area contributed by atoms with Crippen LogP contribution < -0.4 is 14.5 Å². The minimum Gasteiger partial charge on any atom is -0.508 e. The van der Waals surface area contributed by atoms with Crippen LogP contribution in [-0.4, -0.2) is 52.0 Å². The number of carboxylic acids is 1. The van der Waals surface area contributed by atoms with Crippen molar-refractivity contribution in [3.63, 3.8) is 0 Å². The summed E-state index contributed by atoms with van der Waals surface area (Å²) in [5, 5.41) is 30.9. The lowest BCUT2D eigenvalue weighted by molar-refractivity contribution is -0.131. The number of anilines is 2. The molecule has 0 spiro atoms. The summed E-state index contributed by atoms with van der Waals surface area (Å²) in [6.45, 7) is 1.73. The molecule has 0 bridgehead atoms. The molecule has 234 valence electrons. The summed E-state index contributed by atoms with van der Waals surface area (Å²) in [6, 6.07) is 16.8. The lowest BCUT2D eigenvalue weighted by atomic mass is 9.51. The number of methoxy groups -OCH3 is 1. The molecule has 2 saturated heterocycles. The van der Waals surface area contributed by atoms with Crippen molar-refractivity contribution in [3.05, 3.63) is 89.5 Å². The lowest BCUT2D eigenvalue weighted by Crippen LogP contribution is -2.48. The standard InChI is InChI=1S/C35H30N2O9/c1-35-25(31(41)37(34(35)45)17-6-4-3-5-7-17)16-23-20(29(35)24-15-19(46-2)9-13-26(24)38)11-12-22-28(23)32(42)36(30(22)40)18-8-10-21(33(43)44)27(39)14-18/h3-11,13-15,22-23,25,28-29,38-39H,12,16H2,1-2H3,(H,43,44). The number of carbonyl (C=O) groups excluding carboxylic acids is 4. The van der Waals surface area contributed by atoms with E-state index in [1.54, 1.807) is 49.4 Å². The number of phenols is 2. The maximum Gasteiger partial charge on any atom is 0.339 e. The SMILES string of the molecule is COc1ccc(O)c(C2C3=CCC4C(=O)N(c5ccc(C(=O)O)c(O)c5)C(=O)C4C3CC3C(=O)N(c4ccccc4)C(=O)C32C)c1. The number of hydrogen-bond donors (Lipinski definition) is 3. The molecule has 2 heterocycles. The van der Waals surface area contributed by atoms with Gasteiger partial charge in [0.25, 0.3) is 0 Å². The Morgan fingerprint density at radius 3 is 2.26 bits per heavy atom. The molecule has 2 aliphatic carbocycles. The fourth-order valence-electron chi connectivity index (χ4n) is 8.17. The van der Waals surface area contributed by atoms with Gasteiger partial charge < -0.3 is 20.1 Å². The van der Waals surface area contributed by atoms with E-state index in [1.807, 2.05) is 6.08 Å². The van der Waals surface area contributed by atoms with Gasteiger partial charge in [-0.15, -0.1) is 0 Å². The topological polar surface area (TPSA) is 162 Å². The van der Waals surface area contributed by atoms with Crippen molar-refractivity contribution in [3.8, 4) is 17.2 Å².